The summed E-state index contributed by atoms with van der Waals surface area (Å²) in [6, 6.07) is 10.4. The fourth-order valence-corrected chi connectivity index (χ4v) is 2.84. The maximum absolute atomic E-state index is 4.35. The molecule has 0 unspecified atom stereocenters. The van der Waals surface area contributed by atoms with Crippen molar-refractivity contribution in [1.82, 2.24) is 9.71 Å². The van der Waals surface area contributed by atoms with Crippen molar-refractivity contribution in [1.29, 1.82) is 0 Å². The lowest BCUT2D eigenvalue weighted by Crippen LogP contribution is -2.06. The van der Waals surface area contributed by atoms with Crippen LogP contribution in [0.3, 0.4) is 0 Å². The number of benzene rings is 1. The first-order chi connectivity index (χ1) is 7.92. The Kier molecular flexibility index (Phi) is 4.51. The fraction of sp³-hybridized carbons (Fsp3) is 0.250. The van der Waals surface area contributed by atoms with E-state index in [0.29, 0.717) is 0 Å². The summed E-state index contributed by atoms with van der Waals surface area (Å²) in [6.45, 7) is 1.02. The number of para-hydroxylation sites is 1. The highest BCUT2D eigenvalue weighted by molar-refractivity contribution is 7.99. The van der Waals surface area contributed by atoms with Crippen molar-refractivity contribution in [2.75, 3.05) is 18.6 Å². The summed E-state index contributed by atoms with van der Waals surface area (Å²) in [5.41, 5.74) is 1.07. The van der Waals surface area contributed by atoms with E-state index in [1.165, 1.54) is 10.3 Å². The lowest BCUT2D eigenvalue weighted by molar-refractivity contribution is 1.05. The number of hydrogen-bond acceptors (Lipinski definition) is 4. The second-order valence-corrected chi connectivity index (χ2v) is 5.11. The minimum absolute atomic E-state index is 1.02. The molecule has 0 saturated carbocycles. The minimum Gasteiger partial charge on any atom is -0.264 e. The van der Waals surface area contributed by atoms with Crippen LogP contribution in [0.5, 0.6) is 0 Å². The highest BCUT2D eigenvalue weighted by Crippen LogP contribution is 2.25. The van der Waals surface area contributed by atoms with Gasteiger partial charge in [-0.25, -0.2) is 0 Å². The van der Waals surface area contributed by atoms with Crippen LogP contribution in [0.2, 0.25) is 0 Å². The molecule has 84 valence electrons. The van der Waals surface area contributed by atoms with Crippen LogP contribution in [0.15, 0.2) is 41.4 Å². The van der Waals surface area contributed by atoms with Gasteiger partial charge < -0.3 is 0 Å². The summed E-state index contributed by atoms with van der Waals surface area (Å²) in [7, 11) is 0. The molecule has 0 spiro atoms. The van der Waals surface area contributed by atoms with Gasteiger partial charge in [-0.15, -0.1) is 11.8 Å². The normalized spacial score (nSPS) is 10.8. The summed E-state index contributed by atoms with van der Waals surface area (Å²) >= 11 is 3.54. The van der Waals surface area contributed by atoms with Crippen molar-refractivity contribution in [3.63, 3.8) is 0 Å². The lowest BCUT2D eigenvalue weighted by atomic mass is 10.2. The van der Waals surface area contributed by atoms with Crippen molar-refractivity contribution in [2.45, 2.75) is 4.90 Å². The summed E-state index contributed by atoms with van der Waals surface area (Å²) in [6.07, 6.45) is 3.93. The number of fused-ring (bicyclic) bond motifs is 1. The molecule has 2 rings (SSSR count). The van der Waals surface area contributed by atoms with Crippen LogP contribution in [0, 0.1) is 0 Å². The van der Waals surface area contributed by atoms with Gasteiger partial charge in [-0.1, -0.05) is 30.1 Å². The molecule has 0 amide bonds. The number of rotatable bonds is 5. The van der Waals surface area contributed by atoms with Crippen molar-refractivity contribution >= 4 is 34.6 Å². The van der Waals surface area contributed by atoms with E-state index in [9.17, 15) is 0 Å². The van der Waals surface area contributed by atoms with E-state index in [0.717, 1.165) is 17.8 Å². The molecule has 2 nitrogen and oxygen atoms in total. The van der Waals surface area contributed by atoms with Crippen molar-refractivity contribution in [2.24, 2.45) is 0 Å². The maximum Gasteiger partial charge on any atom is 0.0713 e. The zero-order valence-electron chi connectivity index (χ0n) is 9.14. The second-order valence-electron chi connectivity index (χ2n) is 3.27. The van der Waals surface area contributed by atoms with Crippen molar-refractivity contribution in [3.8, 4) is 0 Å². The molecule has 0 bridgehead atoms. The van der Waals surface area contributed by atoms with Crippen LogP contribution in [0.4, 0.5) is 0 Å². The third-order valence-electron chi connectivity index (χ3n) is 2.22. The molecule has 0 atom stereocenters. The van der Waals surface area contributed by atoms with Crippen LogP contribution in [-0.2, 0) is 0 Å². The Balaban J connectivity index is 2.11. The van der Waals surface area contributed by atoms with E-state index in [1.807, 2.05) is 30.3 Å². The Morgan fingerprint density at radius 2 is 2.12 bits per heavy atom. The van der Waals surface area contributed by atoms with Gasteiger partial charge in [-0.05, 0) is 18.4 Å². The minimum atomic E-state index is 1.02. The Hall–Kier alpha value is -0.710. The van der Waals surface area contributed by atoms with Gasteiger partial charge >= 0.3 is 0 Å². The zero-order valence-corrected chi connectivity index (χ0v) is 10.8. The smallest absolute Gasteiger partial charge is 0.0713 e. The highest BCUT2D eigenvalue weighted by Gasteiger charge is 2.00. The molecule has 1 N–H and O–H groups in total. The van der Waals surface area contributed by atoms with Gasteiger partial charge in [0, 0.05) is 28.8 Å². The molecule has 0 fully saturated rings. The molecule has 0 saturated heterocycles. The van der Waals surface area contributed by atoms with Crippen molar-refractivity contribution < 1.29 is 0 Å². The third-order valence-corrected chi connectivity index (χ3v) is 3.78. The zero-order chi connectivity index (χ0) is 11.2. The molecular weight excluding hydrogens is 236 g/mol. The quantitative estimate of drug-likeness (QED) is 0.500. The average Bonchev–Trinajstić information content (AvgIpc) is 2.35. The van der Waals surface area contributed by atoms with E-state index < -0.39 is 0 Å². The Morgan fingerprint density at radius 3 is 3.00 bits per heavy atom. The molecule has 1 aromatic carbocycles. The summed E-state index contributed by atoms with van der Waals surface area (Å²) in [5.74, 6) is 1.08. The predicted octanol–water partition coefficient (Wildman–Crippen LogP) is 3.19. The number of nitrogens with one attached hydrogen (secondary N) is 1. The number of nitrogens with zero attached hydrogens (tertiary/aromatic N) is 1. The third kappa shape index (κ3) is 2.90. The Morgan fingerprint density at radius 1 is 1.25 bits per heavy atom. The molecule has 0 aliphatic rings. The van der Waals surface area contributed by atoms with Gasteiger partial charge in [0.05, 0.1) is 5.52 Å². The summed E-state index contributed by atoms with van der Waals surface area (Å²) in [4.78, 5) is 5.67. The standard InChI is InChI=1S/C12H14N2S2/c1-15-14-8-9-16-12-6-7-13-11-5-3-2-4-10(11)12/h2-7,14H,8-9H2,1H3. The van der Waals surface area contributed by atoms with Gasteiger partial charge in [-0.3, -0.25) is 9.71 Å². The fourth-order valence-electron chi connectivity index (χ4n) is 1.50. The van der Waals surface area contributed by atoms with E-state index in [4.69, 9.17) is 0 Å². The van der Waals surface area contributed by atoms with Gasteiger partial charge in [0.15, 0.2) is 0 Å². The van der Waals surface area contributed by atoms with Gasteiger partial charge in [-0.2, -0.15) is 0 Å². The number of hydrogen-bond donors (Lipinski definition) is 1. The topological polar surface area (TPSA) is 24.9 Å². The number of pyridine rings is 1. The Bertz CT molecular complexity index is 454. The molecule has 4 heteroatoms. The monoisotopic (exact) mass is 250 g/mol. The molecule has 1 aromatic heterocycles. The van der Waals surface area contributed by atoms with Crippen LogP contribution >= 0.6 is 23.7 Å². The summed E-state index contributed by atoms with van der Waals surface area (Å²) < 4.78 is 3.25. The highest BCUT2D eigenvalue weighted by atomic mass is 32.2. The van der Waals surface area contributed by atoms with Crippen LogP contribution in [-0.4, -0.2) is 23.5 Å². The van der Waals surface area contributed by atoms with E-state index in [-0.39, 0.29) is 0 Å². The lowest BCUT2D eigenvalue weighted by Gasteiger charge is -2.05. The molecular formula is C12H14N2S2. The Labute approximate surface area is 104 Å². The van der Waals surface area contributed by atoms with E-state index in [2.05, 4.69) is 34.0 Å². The first-order valence-electron chi connectivity index (χ1n) is 5.14. The molecule has 1 heterocycles. The predicted molar refractivity (Wildman–Crippen MR) is 74.0 cm³/mol. The molecule has 16 heavy (non-hydrogen) atoms. The number of aromatic nitrogens is 1. The SMILES string of the molecule is CSNCCSc1ccnc2ccccc12. The average molecular weight is 250 g/mol. The first-order valence-corrected chi connectivity index (χ1v) is 7.35. The van der Waals surface area contributed by atoms with Gasteiger partial charge in [0.25, 0.3) is 0 Å². The largest absolute Gasteiger partial charge is 0.264 e. The molecule has 0 aliphatic heterocycles. The van der Waals surface area contributed by atoms with Crippen LogP contribution in [0.25, 0.3) is 10.9 Å². The molecule has 0 aliphatic carbocycles. The summed E-state index contributed by atoms with van der Waals surface area (Å²) in [5, 5.41) is 1.25. The van der Waals surface area contributed by atoms with Gasteiger partial charge in [0.1, 0.15) is 0 Å². The second kappa shape index (κ2) is 6.13. The van der Waals surface area contributed by atoms with Crippen LogP contribution in [0.1, 0.15) is 0 Å². The maximum atomic E-state index is 4.35. The van der Waals surface area contributed by atoms with E-state index >= 15 is 0 Å². The number of thioether (sulfide) groups is 1. The molecule has 0 radical (unpaired) electrons. The van der Waals surface area contributed by atoms with Gasteiger partial charge in [0.2, 0.25) is 0 Å². The van der Waals surface area contributed by atoms with Crippen LogP contribution < -0.4 is 4.72 Å². The van der Waals surface area contributed by atoms with E-state index in [1.54, 1.807) is 11.9 Å². The first kappa shape index (κ1) is 11.8. The molecule has 2 aromatic rings. The van der Waals surface area contributed by atoms with Crippen molar-refractivity contribution in [3.05, 3.63) is 36.5 Å².